The van der Waals surface area contributed by atoms with Crippen LogP contribution in [0.4, 0.5) is 0 Å². The molecule has 1 heteroatoms. The Morgan fingerprint density at radius 1 is 1.10 bits per heavy atom. The number of hydrogen-bond acceptors (Lipinski definition) is 1. The molecule has 0 bridgehead atoms. The molecule has 0 unspecified atom stereocenters. The Kier molecular flexibility index (Phi) is 7.23. The molecule has 0 saturated heterocycles. The fourth-order valence-corrected chi connectivity index (χ4v) is 0.553. The molecule has 0 amide bonds. The van der Waals surface area contributed by atoms with Gasteiger partial charge in [-0.3, -0.25) is 0 Å². The van der Waals surface area contributed by atoms with Crippen molar-refractivity contribution >= 4 is 0 Å². The molecule has 0 saturated carbocycles. The monoisotopic (exact) mass is 138 g/mol. The van der Waals surface area contributed by atoms with Crippen molar-refractivity contribution in [3.05, 3.63) is 36.6 Å². The molecule has 0 heterocycles. The number of aliphatic hydroxyl groups is 1. The summed E-state index contributed by atoms with van der Waals surface area (Å²) in [6, 6.07) is 0. The molecule has 1 N–H and O–H groups in total. The van der Waals surface area contributed by atoms with Crippen molar-refractivity contribution in [2.75, 3.05) is 0 Å². The highest BCUT2D eigenvalue weighted by atomic mass is 16.2. The van der Waals surface area contributed by atoms with E-state index in [2.05, 4.69) is 6.08 Å². The van der Waals surface area contributed by atoms with Gasteiger partial charge in [0, 0.05) is 0 Å². The van der Waals surface area contributed by atoms with Crippen LogP contribution in [-0.2, 0) is 0 Å². The molecule has 10 heavy (non-hydrogen) atoms. The fraction of sp³-hybridized carbons (Fsp3) is 0.333. The van der Waals surface area contributed by atoms with Gasteiger partial charge in [-0.05, 0) is 25.8 Å². The first kappa shape index (κ1) is 9.02. The van der Waals surface area contributed by atoms with Gasteiger partial charge in [-0.15, -0.1) is 0 Å². The lowest BCUT2D eigenvalue weighted by molar-refractivity contribution is 0.471. The summed E-state index contributed by atoms with van der Waals surface area (Å²) in [7, 11) is 0. The Bertz CT molecular complexity index is 132. The van der Waals surface area contributed by atoms with Gasteiger partial charge in [-0.25, -0.2) is 0 Å². The number of rotatable bonds is 4. The van der Waals surface area contributed by atoms with Crippen molar-refractivity contribution < 1.29 is 5.11 Å². The summed E-state index contributed by atoms with van der Waals surface area (Å²) in [5.41, 5.74) is 0. The van der Waals surface area contributed by atoms with E-state index in [-0.39, 0.29) is 0 Å². The highest BCUT2D eigenvalue weighted by Crippen LogP contribution is 1.91. The number of aliphatic hydroxyl groups excluding tert-OH is 1. The van der Waals surface area contributed by atoms with Crippen LogP contribution in [-0.4, -0.2) is 5.11 Å². The van der Waals surface area contributed by atoms with E-state index in [1.165, 1.54) is 0 Å². The maximum atomic E-state index is 8.25. The van der Waals surface area contributed by atoms with E-state index < -0.39 is 0 Å². The second-order valence-corrected chi connectivity index (χ2v) is 1.92. The lowest BCUT2D eigenvalue weighted by atomic mass is 10.3. The van der Waals surface area contributed by atoms with Gasteiger partial charge in [-0.1, -0.05) is 24.3 Å². The van der Waals surface area contributed by atoms with Gasteiger partial charge >= 0.3 is 0 Å². The van der Waals surface area contributed by atoms with Crippen molar-refractivity contribution in [3.8, 4) is 0 Å². The zero-order valence-corrected chi connectivity index (χ0v) is 6.33. The van der Waals surface area contributed by atoms with E-state index in [4.69, 9.17) is 5.11 Å². The zero-order chi connectivity index (χ0) is 7.66. The number of unbranched alkanes of at least 4 members (excludes halogenated alkanes) is 1. The van der Waals surface area contributed by atoms with Gasteiger partial charge in [0.1, 0.15) is 0 Å². The van der Waals surface area contributed by atoms with Crippen LogP contribution in [0.1, 0.15) is 19.8 Å². The zero-order valence-electron chi connectivity index (χ0n) is 6.33. The third-order valence-electron chi connectivity index (χ3n) is 1.05. The maximum absolute atomic E-state index is 8.25. The first-order chi connectivity index (χ1) is 4.91. The van der Waals surface area contributed by atoms with Gasteiger partial charge in [0.05, 0.1) is 6.26 Å². The average molecular weight is 138 g/mol. The normalized spacial score (nSPS) is 12.5. The molecule has 1 nitrogen and oxygen atoms in total. The Balaban J connectivity index is 3.18. The van der Waals surface area contributed by atoms with Gasteiger partial charge in [0.25, 0.3) is 0 Å². The lowest BCUT2D eigenvalue weighted by Crippen LogP contribution is -1.62. The number of hydrogen-bond donors (Lipinski definition) is 1. The smallest absolute Gasteiger partial charge is 0.0751 e. The van der Waals surface area contributed by atoms with Crippen LogP contribution in [0.5, 0.6) is 0 Å². The quantitative estimate of drug-likeness (QED) is 0.359. The molecule has 0 aromatic carbocycles. The van der Waals surface area contributed by atoms with Gasteiger partial charge in [-0.2, -0.15) is 0 Å². The molecule has 0 fully saturated rings. The topological polar surface area (TPSA) is 20.2 Å². The predicted molar refractivity (Wildman–Crippen MR) is 45.0 cm³/mol. The van der Waals surface area contributed by atoms with Crippen LogP contribution in [0, 0.1) is 0 Å². The third-order valence-corrected chi connectivity index (χ3v) is 1.05. The first-order valence-electron chi connectivity index (χ1n) is 3.49. The van der Waals surface area contributed by atoms with E-state index in [0.29, 0.717) is 0 Å². The average Bonchev–Trinajstić information content (AvgIpc) is 1.97. The minimum absolute atomic E-state index is 0.907. The molecule has 0 spiro atoms. The minimum atomic E-state index is 0.907. The maximum Gasteiger partial charge on any atom is 0.0751 e. The number of allylic oxidation sites excluding steroid dienone is 5. The molecule has 0 aliphatic heterocycles. The van der Waals surface area contributed by atoms with Crippen molar-refractivity contribution in [1.29, 1.82) is 0 Å². The molecule has 56 valence electrons. The Hall–Kier alpha value is -0.980. The summed E-state index contributed by atoms with van der Waals surface area (Å²) in [5.74, 6) is 0. The summed E-state index contributed by atoms with van der Waals surface area (Å²) in [4.78, 5) is 0. The summed E-state index contributed by atoms with van der Waals surface area (Å²) in [6.45, 7) is 1.98. The van der Waals surface area contributed by atoms with Crippen LogP contribution in [0.15, 0.2) is 36.6 Å². The lowest BCUT2D eigenvalue weighted by Gasteiger charge is -1.82. The van der Waals surface area contributed by atoms with E-state index in [1.807, 2.05) is 25.2 Å². The SMILES string of the molecule is C/C=C/C=C/CC/C=C/O. The van der Waals surface area contributed by atoms with Crippen LogP contribution in [0.3, 0.4) is 0 Å². The predicted octanol–water partition coefficient (Wildman–Crippen LogP) is 2.97. The summed E-state index contributed by atoms with van der Waals surface area (Å²) < 4.78 is 0. The minimum Gasteiger partial charge on any atom is -0.516 e. The molecule has 0 atom stereocenters. The van der Waals surface area contributed by atoms with Crippen molar-refractivity contribution in [2.24, 2.45) is 0 Å². The summed E-state index contributed by atoms with van der Waals surface area (Å²) in [5, 5.41) is 8.25. The highest BCUT2D eigenvalue weighted by Gasteiger charge is 1.72. The molecule has 0 aromatic rings. The van der Waals surface area contributed by atoms with Crippen molar-refractivity contribution in [3.63, 3.8) is 0 Å². The highest BCUT2D eigenvalue weighted by molar-refractivity contribution is 5.01. The summed E-state index contributed by atoms with van der Waals surface area (Å²) >= 11 is 0. The van der Waals surface area contributed by atoms with Crippen molar-refractivity contribution in [2.45, 2.75) is 19.8 Å². The van der Waals surface area contributed by atoms with E-state index >= 15 is 0 Å². The second-order valence-electron chi connectivity index (χ2n) is 1.92. The molecule has 0 rings (SSSR count). The Morgan fingerprint density at radius 2 is 1.80 bits per heavy atom. The van der Waals surface area contributed by atoms with Gasteiger partial charge in [0.2, 0.25) is 0 Å². The van der Waals surface area contributed by atoms with Gasteiger partial charge < -0.3 is 5.11 Å². The molecule has 0 aromatic heterocycles. The first-order valence-corrected chi connectivity index (χ1v) is 3.49. The van der Waals surface area contributed by atoms with E-state index in [0.717, 1.165) is 19.1 Å². The fourth-order valence-electron chi connectivity index (χ4n) is 0.553. The largest absolute Gasteiger partial charge is 0.516 e. The van der Waals surface area contributed by atoms with E-state index in [1.54, 1.807) is 6.08 Å². The molecular weight excluding hydrogens is 124 g/mol. The standard InChI is InChI=1S/C9H14O/c1-2-3-4-5-6-7-8-9-10/h2-5,8-10H,6-7H2,1H3/b3-2+,5-4+,9-8+. The second kappa shape index (κ2) is 8.02. The molecule has 0 aliphatic rings. The molecular formula is C9H14O. The van der Waals surface area contributed by atoms with Crippen LogP contribution >= 0.6 is 0 Å². The van der Waals surface area contributed by atoms with Crippen LogP contribution < -0.4 is 0 Å². The Labute approximate surface area is 62.4 Å². The van der Waals surface area contributed by atoms with Crippen molar-refractivity contribution in [1.82, 2.24) is 0 Å². The Morgan fingerprint density at radius 3 is 2.40 bits per heavy atom. The van der Waals surface area contributed by atoms with Crippen LogP contribution in [0.2, 0.25) is 0 Å². The van der Waals surface area contributed by atoms with Gasteiger partial charge in [0.15, 0.2) is 0 Å². The molecule has 0 aliphatic carbocycles. The van der Waals surface area contributed by atoms with E-state index in [9.17, 15) is 0 Å². The van der Waals surface area contributed by atoms with Crippen LogP contribution in [0.25, 0.3) is 0 Å². The molecule has 0 radical (unpaired) electrons. The summed E-state index contributed by atoms with van der Waals surface area (Å²) in [6.07, 6.45) is 12.8. The third kappa shape index (κ3) is 7.02.